The van der Waals surface area contributed by atoms with Crippen LogP contribution in [0.4, 0.5) is 0 Å². The lowest BCUT2D eigenvalue weighted by molar-refractivity contribution is -0.141. The van der Waals surface area contributed by atoms with Crippen molar-refractivity contribution in [1.29, 1.82) is 0 Å². The van der Waals surface area contributed by atoms with Crippen molar-refractivity contribution >= 4 is 17.8 Å². The summed E-state index contributed by atoms with van der Waals surface area (Å²) in [6.45, 7) is 0.917. The van der Waals surface area contributed by atoms with Crippen molar-refractivity contribution in [2.45, 2.75) is 76.7 Å². The number of aliphatic carboxylic acids is 1. The lowest BCUT2D eigenvalue weighted by Gasteiger charge is -2.31. The van der Waals surface area contributed by atoms with Gasteiger partial charge in [0.1, 0.15) is 0 Å². The van der Waals surface area contributed by atoms with Gasteiger partial charge in [-0.1, -0.05) is 19.3 Å². The molecule has 146 valence electrons. The maximum Gasteiger partial charge on any atom is 0.308 e. The number of carboxylic acid groups (broad SMARTS) is 1. The molecule has 6 heteroatoms. The second-order valence-electron chi connectivity index (χ2n) is 8.43. The Kier molecular flexibility index (Phi) is 6.54. The number of nitrogens with zero attached hydrogens (tertiary/aromatic N) is 1. The van der Waals surface area contributed by atoms with E-state index >= 15 is 0 Å². The van der Waals surface area contributed by atoms with Crippen molar-refractivity contribution in [3.8, 4) is 0 Å². The van der Waals surface area contributed by atoms with E-state index in [2.05, 4.69) is 5.32 Å². The predicted octanol–water partition coefficient (Wildman–Crippen LogP) is 2.56. The predicted molar refractivity (Wildman–Crippen MR) is 97.4 cm³/mol. The van der Waals surface area contributed by atoms with E-state index in [9.17, 15) is 14.4 Å². The van der Waals surface area contributed by atoms with E-state index in [0.29, 0.717) is 31.8 Å². The Hall–Kier alpha value is -1.59. The van der Waals surface area contributed by atoms with Crippen LogP contribution in [0.1, 0.15) is 70.6 Å². The Balaban J connectivity index is 1.38. The molecule has 1 unspecified atom stereocenters. The second kappa shape index (κ2) is 8.87. The number of nitrogens with one attached hydrogen (secondary N) is 1. The Morgan fingerprint density at radius 2 is 1.58 bits per heavy atom. The van der Waals surface area contributed by atoms with Gasteiger partial charge in [0.25, 0.3) is 0 Å². The van der Waals surface area contributed by atoms with E-state index in [1.54, 1.807) is 4.90 Å². The van der Waals surface area contributed by atoms with E-state index in [-0.39, 0.29) is 23.8 Å². The van der Waals surface area contributed by atoms with Crippen LogP contribution in [-0.4, -0.2) is 46.9 Å². The zero-order valence-corrected chi connectivity index (χ0v) is 15.6. The molecule has 0 aromatic heterocycles. The molecule has 2 saturated carbocycles. The number of amides is 2. The monoisotopic (exact) mass is 364 g/mol. The molecule has 0 aromatic carbocycles. The van der Waals surface area contributed by atoms with Gasteiger partial charge in [-0.15, -0.1) is 0 Å². The largest absolute Gasteiger partial charge is 0.481 e. The van der Waals surface area contributed by atoms with Crippen LogP contribution in [0.5, 0.6) is 0 Å². The molecule has 2 aliphatic carbocycles. The normalized spacial score (nSPS) is 30.2. The van der Waals surface area contributed by atoms with Crippen LogP contribution in [0.2, 0.25) is 0 Å². The number of carbonyl (C=O) groups excluding carboxylic acids is 2. The van der Waals surface area contributed by atoms with Crippen LogP contribution in [0.25, 0.3) is 0 Å². The molecular formula is C20H32N2O4. The van der Waals surface area contributed by atoms with Gasteiger partial charge in [0.05, 0.1) is 5.92 Å². The summed E-state index contributed by atoms with van der Waals surface area (Å²) >= 11 is 0. The maximum absolute atomic E-state index is 12.6. The summed E-state index contributed by atoms with van der Waals surface area (Å²) < 4.78 is 0. The Bertz CT molecular complexity index is 522. The van der Waals surface area contributed by atoms with Crippen molar-refractivity contribution in [3.05, 3.63) is 0 Å². The summed E-state index contributed by atoms with van der Waals surface area (Å²) in [5.74, 6) is -0.372. The van der Waals surface area contributed by atoms with Crippen molar-refractivity contribution in [2.75, 3.05) is 13.1 Å². The van der Waals surface area contributed by atoms with Gasteiger partial charge >= 0.3 is 5.97 Å². The molecule has 0 spiro atoms. The molecule has 6 nitrogen and oxygen atoms in total. The second-order valence-corrected chi connectivity index (χ2v) is 8.43. The van der Waals surface area contributed by atoms with Gasteiger partial charge in [0, 0.05) is 31.5 Å². The molecule has 2 N–H and O–H groups in total. The Labute approximate surface area is 155 Å². The fourth-order valence-corrected chi connectivity index (χ4v) is 4.84. The molecule has 26 heavy (non-hydrogen) atoms. The third kappa shape index (κ3) is 4.98. The number of likely N-dealkylation sites (tertiary alicyclic amines) is 1. The van der Waals surface area contributed by atoms with Crippen molar-refractivity contribution in [1.82, 2.24) is 10.2 Å². The van der Waals surface area contributed by atoms with Gasteiger partial charge in [-0.2, -0.15) is 0 Å². The third-order valence-electron chi connectivity index (χ3n) is 6.49. The fourth-order valence-electron chi connectivity index (χ4n) is 4.84. The highest BCUT2D eigenvalue weighted by Gasteiger charge is 2.35. The van der Waals surface area contributed by atoms with Crippen LogP contribution in [-0.2, 0) is 14.4 Å². The Morgan fingerprint density at radius 3 is 2.19 bits per heavy atom. The average Bonchev–Trinajstić information content (AvgIpc) is 3.13. The SMILES string of the molecule is O=C(CC1CCCCC1)NC1CCC(C(=O)N2CCC(C(=O)O)C2)CC1. The average molecular weight is 364 g/mol. The van der Waals surface area contributed by atoms with Crippen molar-refractivity contribution in [2.24, 2.45) is 17.8 Å². The third-order valence-corrected chi connectivity index (χ3v) is 6.49. The maximum atomic E-state index is 12.6. The molecule has 3 fully saturated rings. The smallest absolute Gasteiger partial charge is 0.308 e. The topological polar surface area (TPSA) is 86.7 Å². The minimum absolute atomic E-state index is 0.00552. The Morgan fingerprint density at radius 1 is 0.885 bits per heavy atom. The summed E-state index contributed by atoms with van der Waals surface area (Å²) in [5, 5.41) is 12.3. The number of hydrogen-bond donors (Lipinski definition) is 2. The zero-order valence-electron chi connectivity index (χ0n) is 15.6. The first-order valence-corrected chi connectivity index (χ1v) is 10.3. The van der Waals surface area contributed by atoms with Crippen LogP contribution in [0.15, 0.2) is 0 Å². The number of hydrogen-bond acceptors (Lipinski definition) is 3. The summed E-state index contributed by atoms with van der Waals surface area (Å²) in [6.07, 6.45) is 10.7. The van der Waals surface area contributed by atoms with E-state index in [0.717, 1.165) is 25.7 Å². The van der Waals surface area contributed by atoms with Gasteiger partial charge in [0.2, 0.25) is 11.8 Å². The molecule has 1 heterocycles. The first kappa shape index (κ1) is 19.2. The first-order chi connectivity index (χ1) is 12.5. The molecular weight excluding hydrogens is 332 g/mol. The van der Waals surface area contributed by atoms with Gasteiger partial charge < -0.3 is 15.3 Å². The molecule has 1 atom stereocenters. The highest BCUT2D eigenvalue weighted by Crippen LogP contribution is 2.29. The fraction of sp³-hybridized carbons (Fsp3) is 0.850. The molecule has 0 radical (unpaired) electrons. The minimum Gasteiger partial charge on any atom is -0.481 e. The number of carboxylic acids is 1. The van der Waals surface area contributed by atoms with Crippen molar-refractivity contribution in [3.63, 3.8) is 0 Å². The summed E-state index contributed by atoms with van der Waals surface area (Å²) in [7, 11) is 0. The molecule has 2 amide bonds. The highest BCUT2D eigenvalue weighted by atomic mass is 16.4. The van der Waals surface area contributed by atoms with Crippen LogP contribution in [0, 0.1) is 17.8 Å². The molecule has 3 aliphatic rings. The lowest BCUT2D eigenvalue weighted by Crippen LogP contribution is -2.42. The summed E-state index contributed by atoms with van der Waals surface area (Å²) in [4.78, 5) is 37.7. The minimum atomic E-state index is -0.801. The van der Waals surface area contributed by atoms with E-state index in [1.165, 1.54) is 32.1 Å². The zero-order chi connectivity index (χ0) is 18.5. The van der Waals surface area contributed by atoms with Crippen LogP contribution in [0.3, 0.4) is 0 Å². The molecule has 0 aromatic rings. The highest BCUT2D eigenvalue weighted by molar-refractivity contribution is 5.81. The summed E-state index contributed by atoms with van der Waals surface area (Å²) in [6, 6.07) is 0.195. The van der Waals surface area contributed by atoms with E-state index in [1.807, 2.05) is 0 Å². The standard InChI is InChI=1S/C20H32N2O4/c23-18(12-14-4-2-1-3-5-14)21-17-8-6-15(7-9-17)19(24)22-11-10-16(13-22)20(25)26/h14-17H,1-13H2,(H,21,23)(H,25,26). The van der Waals surface area contributed by atoms with Gasteiger partial charge in [-0.25, -0.2) is 0 Å². The lowest BCUT2D eigenvalue weighted by atomic mass is 9.84. The molecule has 1 saturated heterocycles. The number of rotatable bonds is 5. The quantitative estimate of drug-likeness (QED) is 0.785. The van der Waals surface area contributed by atoms with E-state index < -0.39 is 11.9 Å². The van der Waals surface area contributed by atoms with Crippen LogP contribution < -0.4 is 5.32 Å². The summed E-state index contributed by atoms with van der Waals surface area (Å²) in [5.41, 5.74) is 0. The molecule has 1 aliphatic heterocycles. The van der Waals surface area contributed by atoms with Gasteiger partial charge in [0.15, 0.2) is 0 Å². The first-order valence-electron chi connectivity index (χ1n) is 10.3. The van der Waals surface area contributed by atoms with Crippen molar-refractivity contribution < 1.29 is 19.5 Å². The number of carbonyl (C=O) groups is 3. The van der Waals surface area contributed by atoms with E-state index in [4.69, 9.17) is 5.11 Å². The van der Waals surface area contributed by atoms with Gasteiger partial charge in [-0.3, -0.25) is 14.4 Å². The molecule has 3 rings (SSSR count). The molecule has 0 bridgehead atoms. The van der Waals surface area contributed by atoms with Crippen LogP contribution >= 0.6 is 0 Å². The van der Waals surface area contributed by atoms with Gasteiger partial charge in [-0.05, 0) is 50.9 Å².